The highest BCUT2D eigenvalue weighted by atomic mass is 35.5. The number of hydrogen-bond donors (Lipinski definition) is 2. The summed E-state index contributed by atoms with van der Waals surface area (Å²) in [4.78, 5) is 0. The van der Waals surface area contributed by atoms with Gasteiger partial charge in [0.25, 0.3) is 0 Å². The first-order chi connectivity index (χ1) is 6.63. The van der Waals surface area contributed by atoms with E-state index in [4.69, 9.17) is 11.6 Å². The van der Waals surface area contributed by atoms with Gasteiger partial charge in [0.1, 0.15) is 5.82 Å². The first-order valence-electron chi connectivity index (χ1n) is 4.37. The molecule has 1 atom stereocenters. The van der Waals surface area contributed by atoms with Crippen LogP contribution < -0.4 is 5.32 Å². The van der Waals surface area contributed by atoms with Gasteiger partial charge >= 0.3 is 0 Å². The van der Waals surface area contributed by atoms with Crippen molar-refractivity contribution in [2.24, 2.45) is 0 Å². The molecule has 4 heteroatoms. The van der Waals surface area contributed by atoms with E-state index in [2.05, 4.69) is 5.32 Å². The SMILES string of the molecule is Cc1cc(F)ccc1NCC(O)CCl. The number of hydrogen-bond acceptors (Lipinski definition) is 2. The van der Waals surface area contributed by atoms with Crippen LogP contribution in [0.2, 0.25) is 0 Å². The third kappa shape index (κ3) is 3.16. The second-order valence-corrected chi connectivity index (χ2v) is 3.46. The van der Waals surface area contributed by atoms with Crippen LogP contribution in [0.25, 0.3) is 0 Å². The zero-order valence-corrected chi connectivity index (χ0v) is 8.68. The highest BCUT2D eigenvalue weighted by Gasteiger charge is 2.03. The predicted octanol–water partition coefficient (Wildman–Crippen LogP) is 2.15. The Kier molecular flexibility index (Phi) is 4.17. The molecule has 14 heavy (non-hydrogen) atoms. The summed E-state index contributed by atoms with van der Waals surface area (Å²) in [5, 5.41) is 12.2. The number of benzene rings is 1. The van der Waals surface area contributed by atoms with Gasteiger partial charge in [0.05, 0.1) is 12.0 Å². The minimum atomic E-state index is -0.582. The lowest BCUT2D eigenvalue weighted by atomic mass is 10.2. The molecule has 0 saturated heterocycles. The molecule has 0 aromatic heterocycles. The van der Waals surface area contributed by atoms with E-state index in [1.807, 2.05) is 0 Å². The second-order valence-electron chi connectivity index (χ2n) is 3.15. The number of aliphatic hydroxyl groups is 1. The summed E-state index contributed by atoms with van der Waals surface area (Å²) >= 11 is 5.43. The summed E-state index contributed by atoms with van der Waals surface area (Å²) in [5.74, 6) is -0.0706. The Hall–Kier alpha value is -0.800. The van der Waals surface area contributed by atoms with Crippen LogP contribution >= 0.6 is 11.6 Å². The van der Waals surface area contributed by atoms with Crippen LogP contribution in [-0.4, -0.2) is 23.6 Å². The van der Waals surface area contributed by atoms with Crippen LogP contribution in [0, 0.1) is 12.7 Å². The van der Waals surface area contributed by atoms with E-state index in [1.54, 1.807) is 13.0 Å². The van der Waals surface area contributed by atoms with Crippen LogP contribution in [-0.2, 0) is 0 Å². The molecule has 0 spiro atoms. The molecule has 0 aliphatic heterocycles. The fourth-order valence-corrected chi connectivity index (χ4v) is 1.22. The lowest BCUT2D eigenvalue weighted by Crippen LogP contribution is -2.21. The maximum atomic E-state index is 12.7. The van der Waals surface area contributed by atoms with Gasteiger partial charge in [-0.1, -0.05) is 0 Å². The molecular formula is C10H13ClFNO. The van der Waals surface area contributed by atoms with E-state index in [0.717, 1.165) is 11.3 Å². The average Bonchev–Trinajstić information content (AvgIpc) is 2.16. The van der Waals surface area contributed by atoms with Gasteiger partial charge in [-0.15, -0.1) is 11.6 Å². The molecule has 0 radical (unpaired) electrons. The average molecular weight is 218 g/mol. The lowest BCUT2D eigenvalue weighted by molar-refractivity contribution is 0.211. The molecule has 1 unspecified atom stereocenters. The molecule has 0 amide bonds. The third-order valence-electron chi connectivity index (χ3n) is 1.89. The van der Waals surface area contributed by atoms with Gasteiger partial charge in [-0.3, -0.25) is 0 Å². The zero-order valence-electron chi connectivity index (χ0n) is 7.93. The first-order valence-corrected chi connectivity index (χ1v) is 4.91. The van der Waals surface area contributed by atoms with E-state index < -0.39 is 6.10 Å². The summed E-state index contributed by atoms with van der Waals surface area (Å²) in [6, 6.07) is 4.46. The number of rotatable bonds is 4. The number of aryl methyl sites for hydroxylation is 1. The monoisotopic (exact) mass is 217 g/mol. The molecular weight excluding hydrogens is 205 g/mol. The maximum absolute atomic E-state index is 12.7. The van der Waals surface area contributed by atoms with Gasteiger partial charge in [0, 0.05) is 12.2 Å². The summed E-state index contributed by atoms with van der Waals surface area (Å²) in [5.41, 5.74) is 1.63. The Morgan fingerprint density at radius 1 is 1.57 bits per heavy atom. The highest BCUT2D eigenvalue weighted by molar-refractivity contribution is 6.18. The van der Waals surface area contributed by atoms with E-state index in [1.165, 1.54) is 12.1 Å². The molecule has 0 fully saturated rings. The minimum absolute atomic E-state index is 0.188. The number of aliphatic hydroxyl groups excluding tert-OH is 1. The van der Waals surface area contributed by atoms with Crippen molar-refractivity contribution in [1.82, 2.24) is 0 Å². The highest BCUT2D eigenvalue weighted by Crippen LogP contribution is 2.15. The van der Waals surface area contributed by atoms with Gasteiger partial charge in [0.2, 0.25) is 0 Å². The Bertz CT molecular complexity index is 306. The molecule has 0 bridgehead atoms. The molecule has 1 rings (SSSR count). The maximum Gasteiger partial charge on any atom is 0.123 e. The van der Waals surface area contributed by atoms with Gasteiger partial charge in [-0.2, -0.15) is 0 Å². The topological polar surface area (TPSA) is 32.3 Å². The Morgan fingerprint density at radius 2 is 2.29 bits per heavy atom. The largest absolute Gasteiger partial charge is 0.390 e. The molecule has 2 N–H and O–H groups in total. The smallest absolute Gasteiger partial charge is 0.123 e. The van der Waals surface area contributed by atoms with Crippen LogP contribution in [0.1, 0.15) is 5.56 Å². The molecule has 1 aromatic carbocycles. The van der Waals surface area contributed by atoms with Crippen molar-refractivity contribution in [3.63, 3.8) is 0 Å². The van der Waals surface area contributed by atoms with Crippen LogP contribution in [0.15, 0.2) is 18.2 Å². The van der Waals surface area contributed by atoms with Crippen molar-refractivity contribution in [2.75, 3.05) is 17.7 Å². The summed E-state index contributed by atoms with van der Waals surface area (Å²) in [6.45, 7) is 2.18. The van der Waals surface area contributed by atoms with Crippen LogP contribution in [0.3, 0.4) is 0 Å². The molecule has 0 aliphatic carbocycles. The molecule has 2 nitrogen and oxygen atoms in total. The molecule has 78 valence electrons. The molecule has 1 aromatic rings. The Labute approximate surface area is 87.7 Å². The van der Waals surface area contributed by atoms with E-state index in [-0.39, 0.29) is 11.7 Å². The van der Waals surface area contributed by atoms with Crippen molar-refractivity contribution < 1.29 is 9.50 Å². The van der Waals surface area contributed by atoms with Crippen LogP contribution in [0.5, 0.6) is 0 Å². The van der Waals surface area contributed by atoms with Gasteiger partial charge in [-0.05, 0) is 30.7 Å². The fourth-order valence-electron chi connectivity index (χ4n) is 1.11. The minimum Gasteiger partial charge on any atom is -0.390 e. The normalized spacial score (nSPS) is 12.6. The lowest BCUT2D eigenvalue weighted by Gasteiger charge is -2.11. The van der Waals surface area contributed by atoms with Crippen LogP contribution in [0.4, 0.5) is 10.1 Å². The summed E-state index contributed by atoms with van der Waals surface area (Å²) in [6.07, 6.45) is -0.582. The quantitative estimate of drug-likeness (QED) is 0.758. The predicted molar refractivity (Wildman–Crippen MR) is 56.4 cm³/mol. The standard InChI is InChI=1S/C10H13ClFNO/c1-7-4-8(12)2-3-10(7)13-6-9(14)5-11/h2-4,9,13-14H,5-6H2,1H3. The van der Waals surface area contributed by atoms with Crippen molar-refractivity contribution in [2.45, 2.75) is 13.0 Å². The molecule has 0 heterocycles. The second kappa shape index (κ2) is 5.17. The van der Waals surface area contributed by atoms with Crippen molar-refractivity contribution >= 4 is 17.3 Å². The van der Waals surface area contributed by atoms with Gasteiger partial charge in [-0.25, -0.2) is 4.39 Å². The summed E-state index contributed by atoms with van der Waals surface area (Å²) in [7, 11) is 0. The number of halogens is 2. The molecule has 0 aliphatic rings. The van der Waals surface area contributed by atoms with Gasteiger partial charge < -0.3 is 10.4 Å². The number of nitrogens with one attached hydrogen (secondary N) is 1. The van der Waals surface area contributed by atoms with Crippen molar-refractivity contribution in [3.8, 4) is 0 Å². The fraction of sp³-hybridized carbons (Fsp3) is 0.400. The van der Waals surface area contributed by atoms with Crippen molar-refractivity contribution in [1.29, 1.82) is 0 Å². The number of alkyl halides is 1. The third-order valence-corrected chi connectivity index (χ3v) is 2.25. The molecule has 0 saturated carbocycles. The van der Waals surface area contributed by atoms with E-state index in [9.17, 15) is 9.50 Å². The van der Waals surface area contributed by atoms with Crippen molar-refractivity contribution in [3.05, 3.63) is 29.6 Å². The zero-order chi connectivity index (χ0) is 10.6. The van der Waals surface area contributed by atoms with Gasteiger partial charge in [0.15, 0.2) is 0 Å². The number of anilines is 1. The summed E-state index contributed by atoms with van der Waals surface area (Å²) < 4.78 is 12.7. The Balaban J connectivity index is 2.59. The van der Waals surface area contributed by atoms with E-state index in [0.29, 0.717) is 6.54 Å². The van der Waals surface area contributed by atoms with E-state index >= 15 is 0 Å². The Morgan fingerprint density at radius 3 is 2.86 bits per heavy atom. The first kappa shape index (κ1) is 11.3.